The molecule has 3 N–H and O–H groups in total. The van der Waals surface area contributed by atoms with Gasteiger partial charge in [-0.3, -0.25) is 9.69 Å². The number of thiocarbonyl (C=S) groups is 1. The second kappa shape index (κ2) is 12.0. The van der Waals surface area contributed by atoms with Crippen molar-refractivity contribution in [2.75, 3.05) is 20.2 Å². The standard InChI is InChI=1S/C27H33N5O2S/c1-34-22-13-11-20(12-14-22)19-32-24(26-29-18-23(30-26)21-9-5-4-6-10-21)17-25(33)31(27(32)35)16-8-3-2-7-15-28/h4-6,9-14,18,24H,2-3,7-8,15-17,19,28H2,1H3,(H,29,30). The number of nitrogens with two attached hydrogens (primary N) is 1. The third-order valence-corrected chi connectivity index (χ3v) is 6.82. The zero-order valence-corrected chi connectivity index (χ0v) is 21.0. The highest BCUT2D eigenvalue weighted by atomic mass is 32.1. The second-order valence-electron chi connectivity index (χ2n) is 8.77. The fraction of sp³-hybridized carbons (Fsp3) is 0.370. The number of methoxy groups -OCH3 is 1. The van der Waals surface area contributed by atoms with Crippen LogP contribution in [0.25, 0.3) is 11.3 Å². The third kappa shape index (κ3) is 6.07. The highest BCUT2D eigenvalue weighted by Crippen LogP contribution is 2.32. The Labute approximate surface area is 212 Å². The maximum Gasteiger partial charge on any atom is 0.231 e. The van der Waals surface area contributed by atoms with Crippen LogP contribution in [0.2, 0.25) is 0 Å². The van der Waals surface area contributed by atoms with Gasteiger partial charge in [0.2, 0.25) is 5.91 Å². The molecule has 2 aromatic carbocycles. The lowest BCUT2D eigenvalue weighted by atomic mass is 10.1. The van der Waals surface area contributed by atoms with Gasteiger partial charge >= 0.3 is 0 Å². The molecule has 35 heavy (non-hydrogen) atoms. The fourth-order valence-electron chi connectivity index (χ4n) is 4.39. The first-order valence-electron chi connectivity index (χ1n) is 12.1. The third-order valence-electron chi connectivity index (χ3n) is 6.37. The van der Waals surface area contributed by atoms with Crippen molar-refractivity contribution in [3.8, 4) is 17.0 Å². The van der Waals surface area contributed by atoms with E-state index in [9.17, 15) is 4.79 Å². The van der Waals surface area contributed by atoms with Gasteiger partial charge in [-0.1, -0.05) is 55.3 Å². The number of hydrogen-bond donors (Lipinski definition) is 2. The van der Waals surface area contributed by atoms with Gasteiger partial charge < -0.3 is 20.4 Å². The van der Waals surface area contributed by atoms with E-state index in [2.05, 4.69) is 14.9 Å². The van der Waals surface area contributed by atoms with Crippen LogP contribution in [-0.4, -0.2) is 51.0 Å². The van der Waals surface area contributed by atoms with Crippen LogP contribution in [0.5, 0.6) is 5.75 Å². The molecule has 184 valence electrons. The summed E-state index contributed by atoms with van der Waals surface area (Å²) in [6, 6.07) is 17.7. The number of aromatic nitrogens is 2. The smallest absolute Gasteiger partial charge is 0.231 e. The van der Waals surface area contributed by atoms with Gasteiger partial charge in [0.15, 0.2) is 5.11 Å². The van der Waals surface area contributed by atoms with E-state index in [4.69, 9.17) is 22.7 Å². The minimum Gasteiger partial charge on any atom is -0.497 e. The van der Waals surface area contributed by atoms with E-state index < -0.39 is 0 Å². The molecule has 1 amide bonds. The number of carbonyl (C=O) groups excluding carboxylic acids is 1. The molecule has 1 aliphatic rings. The molecule has 1 atom stereocenters. The molecule has 0 saturated carbocycles. The van der Waals surface area contributed by atoms with Crippen LogP contribution in [0.3, 0.4) is 0 Å². The normalized spacial score (nSPS) is 16.1. The molecule has 8 heteroatoms. The number of H-pyrrole nitrogens is 1. The average Bonchev–Trinajstić information content (AvgIpc) is 3.38. The van der Waals surface area contributed by atoms with Crippen molar-refractivity contribution >= 4 is 23.2 Å². The highest BCUT2D eigenvalue weighted by Gasteiger charge is 2.38. The molecule has 2 heterocycles. The van der Waals surface area contributed by atoms with Crippen molar-refractivity contribution < 1.29 is 9.53 Å². The average molecular weight is 492 g/mol. The largest absolute Gasteiger partial charge is 0.497 e. The molecule has 0 aliphatic carbocycles. The maximum absolute atomic E-state index is 13.2. The van der Waals surface area contributed by atoms with Crippen LogP contribution in [-0.2, 0) is 11.3 Å². The summed E-state index contributed by atoms with van der Waals surface area (Å²) < 4.78 is 5.30. The monoisotopic (exact) mass is 491 g/mol. The number of nitrogens with one attached hydrogen (secondary N) is 1. The van der Waals surface area contributed by atoms with Crippen LogP contribution >= 0.6 is 12.2 Å². The lowest BCUT2D eigenvalue weighted by Crippen LogP contribution is -2.53. The number of rotatable bonds is 11. The van der Waals surface area contributed by atoms with Crippen LogP contribution in [0.4, 0.5) is 0 Å². The summed E-state index contributed by atoms with van der Waals surface area (Å²) in [4.78, 5) is 25.2. The molecule has 3 aromatic rings. The molecular formula is C27H33N5O2S. The summed E-state index contributed by atoms with van der Waals surface area (Å²) in [5.74, 6) is 1.59. The number of hydrogen-bond acceptors (Lipinski definition) is 5. The lowest BCUT2D eigenvalue weighted by Gasteiger charge is -2.42. The number of ether oxygens (including phenoxy) is 1. The Balaban J connectivity index is 1.57. The number of imidazole rings is 1. The van der Waals surface area contributed by atoms with E-state index >= 15 is 0 Å². The molecule has 1 saturated heterocycles. The minimum atomic E-state index is -0.261. The van der Waals surface area contributed by atoms with Crippen LogP contribution in [0.1, 0.15) is 49.5 Å². The molecule has 0 radical (unpaired) electrons. The summed E-state index contributed by atoms with van der Waals surface area (Å²) in [5, 5.41) is 0.554. The molecule has 1 aliphatic heterocycles. The summed E-state index contributed by atoms with van der Waals surface area (Å²) in [6.07, 6.45) is 6.16. The van der Waals surface area contributed by atoms with Crippen LogP contribution < -0.4 is 10.5 Å². The van der Waals surface area contributed by atoms with Gasteiger partial charge in [-0.05, 0) is 54.9 Å². The molecule has 1 unspecified atom stereocenters. The van der Waals surface area contributed by atoms with Crippen molar-refractivity contribution in [2.45, 2.75) is 44.7 Å². The maximum atomic E-state index is 13.2. The zero-order valence-electron chi connectivity index (χ0n) is 20.2. The van der Waals surface area contributed by atoms with E-state index in [1.54, 1.807) is 12.0 Å². The zero-order chi connectivity index (χ0) is 24.6. The second-order valence-corrected chi connectivity index (χ2v) is 9.14. The van der Waals surface area contributed by atoms with Crippen molar-refractivity contribution in [2.24, 2.45) is 5.73 Å². The molecule has 1 fully saturated rings. The quantitative estimate of drug-likeness (QED) is 0.300. The topological polar surface area (TPSA) is 87.5 Å². The Bertz CT molecular complexity index is 1120. The van der Waals surface area contributed by atoms with Crippen molar-refractivity contribution in [3.05, 3.63) is 72.2 Å². The number of nitrogens with zero attached hydrogens (tertiary/aromatic N) is 3. The van der Waals surface area contributed by atoms with E-state index in [0.717, 1.165) is 54.1 Å². The predicted molar refractivity (Wildman–Crippen MR) is 142 cm³/mol. The van der Waals surface area contributed by atoms with Crippen molar-refractivity contribution in [1.29, 1.82) is 0 Å². The molecule has 4 rings (SSSR count). The highest BCUT2D eigenvalue weighted by molar-refractivity contribution is 7.80. The number of amides is 1. The molecule has 0 spiro atoms. The summed E-state index contributed by atoms with van der Waals surface area (Å²) in [5.41, 5.74) is 8.67. The Hall–Kier alpha value is -3.23. The first-order valence-corrected chi connectivity index (χ1v) is 12.6. The molecule has 0 bridgehead atoms. The number of benzene rings is 2. The Morgan fingerprint density at radius 2 is 1.83 bits per heavy atom. The van der Waals surface area contributed by atoms with Crippen LogP contribution in [0, 0.1) is 0 Å². The van der Waals surface area contributed by atoms with E-state index in [0.29, 0.717) is 31.2 Å². The minimum absolute atomic E-state index is 0.0440. The predicted octanol–water partition coefficient (Wildman–Crippen LogP) is 4.66. The fourth-order valence-corrected chi connectivity index (χ4v) is 4.77. The van der Waals surface area contributed by atoms with E-state index in [-0.39, 0.29) is 11.9 Å². The summed E-state index contributed by atoms with van der Waals surface area (Å²) in [6.45, 7) is 1.90. The Kier molecular flexibility index (Phi) is 8.50. The lowest BCUT2D eigenvalue weighted by molar-refractivity contribution is -0.131. The Morgan fingerprint density at radius 1 is 1.09 bits per heavy atom. The number of aromatic amines is 1. The Morgan fingerprint density at radius 3 is 2.54 bits per heavy atom. The van der Waals surface area contributed by atoms with Crippen molar-refractivity contribution in [1.82, 2.24) is 19.8 Å². The van der Waals surface area contributed by atoms with Gasteiger partial charge in [0, 0.05) is 13.1 Å². The summed E-state index contributed by atoms with van der Waals surface area (Å²) in [7, 11) is 1.66. The van der Waals surface area contributed by atoms with Crippen molar-refractivity contribution in [3.63, 3.8) is 0 Å². The van der Waals surface area contributed by atoms with E-state index in [1.807, 2.05) is 60.8 Å². The van der Waals surface area contributed by atoms with Gasteiger partial charge in [0.1, 0.15) is 11.6 Å². The van der Waals surface area contributed by atoms with Crippen LogP contribution in [0.15, 0.2) is 60.8 Å². The van der Waals surface area contributed by atoms with Gasteiger partial charge in [-0.2, -0.15) is 0 Å². The molecule has 7 nitrogen and oxygen atoms in total. The first-order chi connectivity index (χ1) is 17.1. The van der Waals surface area contributed by atoms with Gasteiger partial charge in [-0.25, -0.2) is 4.98 Å². The molecular weight excluding hydrogens is 458 g/mol. The van der Waals surface area contributed by atoms with Gasteiger partial charge in [-0.15, -0.1) is 0 Å². The van der Waals surface area contributed by atoms with Gasteiger partial charge in [0.25, 0.3) is 0 Å². The van der Waals surface area contributed by atoms with Gasteiger partial charge in [0.05, 0.1) is 31.5 Å². The number of unbranched alkanes of at least 4 members (excludes halogenated alkanes) is 3. The number of carbonyl (C=O) groups is 1. The SMILES string of the molecule is COc1ccc(CN2C(=S)N(CCCCCCN)C(=O)CC2c2ncc(-c3ccccc3)[nH]2)cc1. The van der Waals surface area contributed by atoms with E-state index in [1.165, 1.54) is 0 Å². The summed E-state index contributed by atoms with van der Waals surface area (Å²) >= 11 is 5.90. The molecule has 1 aromatic heterocycles. The first kappa shape index (κ1) is 24.9.